The Morgan fingerprint density at radius 3 is 3.08 bits per heavy atom. The van der Waals surface area contributed by atoms with Crippen LogP contribution in [0.4, 0.5) is 10.2 Å². The van der Waals surface area contributed by atoms with Crippen LogP contribution < -0.4 is 10.1 Å². The molecule has 8 heteroatoms. The van der Waals surface area contributed by atoms with Crippen molar-refractivity contribution in [2.75, 3.05) is 12.1 Å². The summed E-state index contributed by atoms with van der Waals surface area (Å²) in [4.78, 5) is 8.54. The lowest BCUT2D eigenvalue weighted by Crippen LogP contribution is -2.15. The number of hydrogen-bond donors (Lipinski definition) is 1. The van der Waals surface area contributed by atoms with Crippen LogP contribution in [0.3, 0.4) is 0 Å². The molecule has 4 rings (SSSR count). The maximum Gasteiger partial charge on any atom is 0.261 e. The number of nitrogens with zero attached hydrogens (tertiary/aromatic N) is 3. The SMILES string of the molecule is Cc1noc(-c2cccnc2NCc2cc(F)cc3c2OCOC3)n1. The van der Waals surface area contributed by atoms with Crippen molar-refractivity contribution in [3.63, 3.8) is 0 Å². The van der Waals surface area contributed by atoms with E-state index in [9.17, 15) is 4.39 Å². The van der Waals surface area contributed by atoms with E-state index in [4.69, 9.17) is 14.0 Å². The Bertz CT molecular complexity index is 913. The molecule has 1 aromatic carbocycles. The minimum Gasteiger partial charge on any atom is -0.467 e. The summed E-state index contributed by atoms with van der Waals surface area (Å²) >= 11 is 0. The van der Waals surface area contributed by atoms with E-state index in [2.05, 4.69) is 20.4 Å². The molecule has 0 unspecified atom stereocenters. The molecule has 1 N–H and O–H groups in total. The van der Waals surface area contributed by atoms with Gasteiger partial charge in [-0.2, -0.15) is 4.98 Å². The summed E-state index contributed by atoms with van der Waals surface area (Å²) in [7, 11) is 0. The smallest absolute Gasteiger partial charge is 0.261 e. The van der Waals surface area contributed by atoms with Gasteiger partial charge < -0.3 is 19.3 Å². The zero-order valence-electron chi connectivity index (χ0n) is 13.5. The molecule has 0 atom stereocenters. The second-order valence-corrected chi connectivity index (χ2v) is 5.56. The fraction of sp³-hybridized carbons (Fsp3) is 0.235. The number of rotatable bonds is 4. The Morgan fingerprint density at radius 1 is 1.32 bits per heavy atom. The first kappa shape index (κ1) is 15.5. The Balaban J connectivity index is 1.62. The Hall–Kier alpha value is -3.00. The number of ether oxygens (including phenoxy) is 2. The number of pyridine rings is 1. The highest BCUT2D eigenvalue weighted by Gasteiger charge is 2.18. The molecule has 128 valence electrons. The number of halogens is 1. The van der Waals surface area contributed by atoms with Gasteiger partial charge in [0.25, 0.3) is 5.89 Å². The van der Waals surface area contributed by atoms with Gasteiger partial charge in [0.1, 0.15) is 17.4 Å². The Labute approximate surface area is 142 Å². The van der Waals surface area contributed by atoms with Crippen LogP contribution in [0.5, 0.6) is 5.75 Å². The number of aryl methyl sites for hydroxylation is 1. The summed E-state index contributed by atoms with van der Waals surface area (Å²) in [6, 6.07) is 6.47. The van der Waals surface area contributed by atoms with E-state index >= 15 is 0 Å². The van der Waals surface area contributed by atoms with E-state index < -0.39 is 0 Å². The molecule has 0 fully saturated rings. The van der Waals surface area contributed by atoms with Crippen molar-refractivity contribution in [1.82, 2.24) is 15.1 Å². The van der Waals surface area contributed by atoms with Crippen molar-refractivity contribution in [3.05, 3.63) is 53.2 Å². The van der Waals surface area contributed by atoms with E-state index in [0.717, 1.165) is 0 Å². The second-order valence-electron chi connectivity index (χ2n) is 5.56. The zero-order chi connectivity index (χ0) is 17.2. The largest absolute Gasteiger partial charge is 0.467 e. The minimum absolute atomic E-state index is 0.154. The first-order chi connectivity index (χ1) is 12.2. The van der Waals surface area contributed by atoms with Crippen LogP contribution in [0.15, 0.2) is 35.0 Å². The Morgan fingerprint density at radius 2 is 2.24 bits per heavy atom. The van der Waals surface area contributed by atoms with Crippen LogP contribution in [0, 0.1) is 12.7 Å². The molecule has 0 amide bonds. The van der Waals surface area contributed by atoms with Gasteiger partial charge in [-0.25, -0.2) is 9.37 Å². The maximum atomic E-state index is 13.8. The third kappa shape index (κ3) is 3.16. The topological polar surface area (TPSA) is 82.3 Å². The van der Waals surface area contributed by atoms with Crippen molar-refractivity contribution in [2.24, 2.45) is 0 Å². The van der Waals surface area contributed by atoms with Crippen molar-refractivity contribution in [1.29, 1.82) is 0 Å². The van der Waals surface area contributed by atoms with Gasteiger partial charge >= 0.3 is 0 Å². The highest BCUT2D eigenvalue weighted by atomic mass is 19.1. The van der Waals surface area contributed by atoms with Crippen LogP contribution in [0.1, 0.15) is 17.0 Å². The average Bonchev–Trinajstić information content (AvgIpc) is 3.06. The minimum atomic E-state index is -0.335. The molecular formula is C17H15FN4O3. The van der Waals surface area contributed by atoms with Gasteiger partial charge in [0.15, 0.2) is 12.6 Å². The quantitative estimate of drug-likeness (QED) is 0.780. The van der Waals surface area contributed by atoms with E-state index in [-0.39, 0.29) is 12.6 Å². The van der Waals surface area contributed by atoms with Crippen molar-refractivity contribution < 1.29 is 18.4 Å². The highest BCUT2D eigenvalue weighted by molar-refractivity contribution is 5.68. The zero-order valence-corrected chi connectivity index (χ0v) is 13.5. The first-order valence-electron chi connectivity index (χ1n) is 7.72. The van der Waals surface area contributed by atoms with E-state index in [1.807, 2.05) is 6.07 Å². The van der Waals surface area contributed by atoms with Crippen molar-refractivity contribution >= 4 is 5.82 Å². The van der Waals surface area contributed by atoms with Crippen LogP contribution in [-0.4, -0.2) is 21.9 Å². The van der Waals surface area contributed by atoms with Gasteiger partial charge in [-0.1, -0.05) is 5.16 Å². The lowest BCUT2D eigenvalue weighted by atomic mass is 10.1. The monoisotopic (exact) mass is 342 g/mol. The normalized spacial score (nSPS) is 13.2. The number of fused-ring (bicyclic) bond motifs is 1. The molecule has 1 aliphatic heterocycles. The molecule has 0 spiro atoms. The predicted molar refractivity (Wildman–Crippen MR) is 86.3 cm³/mol. The van der Waals surface area contributed by atoms with Gasteiger partial charge in [-0.15, -0.1) is 0 Å². The first-order valence-corrected chi connectivity index (χ1v) is 7.72. The number of aromatic nitrogens is 3. The van der Waals surface area contributed by atoms with E-state index in [0.29, 0.717) is 53.1 Å². The lowest BCUT2D eigenvalue weighted by Gasteiger charge is -2.21. The third-order valence-electron chi connectivity index (χ3n) is 3.76. The molecule has 25 heavy (non-hydrogen) atoms. The van der Waals surface area contributed by atoms with Crippen molar-refractivity contribution in [2.45, 2.75) is 20.1 Å². The number of anilines is 1. The van der Waals surface area contributed by atoms with Gasteiger partial charge in [0.2, 0.25) is 0 Å². The standard InChI is InChI=1S/C17H15FN4O3/c1-10-21-17(25-22-10)14-3-2-4-19-16(14)20-7-11-5-13(18)6-12-8-23-9-24-15(11)12/h2-6H,7-9H2,1H3,(H,19,20). The molecule has 0 bridgehead atoms. The molecule has 3 heterocycles. The fourth-order valence-corrected chi connectivity index (χ4v) is 2.69. The molecule has 0 radical (unpaired) electrons. The van der Waals surface area contributed by atoms with Crippen LogP contribution in [0.25, 0.3) is 11.5 Å². The molecule has 1 aliphatic rings. The molecular weight excluding hydrogens is 327 g/mol. The summed E-state index contributed by atoms with van der Waals surface area (Å²) in [5.74, 6) is 1.79. The highest BCUT2D eigenvalue weighted by Crippen LogP contribution is 2.31. The molecule has 0 aliphatic carbocycles. The molecule has 0 saturated carbocycles. The van der Waals surface area contributed by atoms with Gasteiger partial charge in [0, 0.05) is 23.9 Å². The van der Waals surface area contributed by atoms with Gasteiger partial charge in [-0.05, 0) is 31.2 Å². The summed E-state index contributed by atoms with van der Waals surface area (Å²) in [6.45, 7) is 2.56. The summed E-state index contributed by atoms with van der Waals surface area (Å²) < 4.78 is 29.8. The predicted octanol–water partition coefficient (Wildman–Crippen LogP) is 3.06. The number of benzene rings is 1. The van der Waals surface area contributed by atoms with E-state index in [1.165, 1.54) is 12.1 Å². The fourth-order valence-electron chi connectivity index (χ4n) is 2.69. The van der Waals surface area contributed by atoms with E-state index in [1.54, 1.807) is 19.2 Å². The average molecular weight is 342 g/mol. The summed E-state index contributed by atoms with van der Waals surface area (Å²) in [6.07, 6.45) is 1.65. The Kier molecular flexibility index (Phi) is 4.02. The molecule has 0 saturated heterocycles. The van der Waals surface area contributed by atoms with Crippen LogP contribution in [-0.2, 0) is 17.9 Å². The third-order valence-corrected chi connectivity index (χ3v) is 3.76. The van der Waals surface area contributed by atoms with Crippen LogP contribution >= 0.6 is 0 Å². The molecule has 2 aromatic heterocycles. The lowest BCUT2D eigenvalue weighted by molar-refractivity contribution is -0.0172. The number of nitrogens with one attached hydrogen (secondary N) is 1. The number of hydrogen-bond acceptors (Lipinski definition) is 7. The summed E-state index contributed by atoms with van der Waals surface area (Å²) in [5, 5.41) is 6.98. The maximum absolute atomic E-state index is 13.8. The second kappa shape index (κ2) is 6.48. The van der Waals surface area contributed by atoms with Crippen LogP contribution in [0.2, 0.25) is 0 Å². The van der Waals surface area contributed by atoms with Crippen molar-refractivity contribution in [3.8, 4) is 17.2 Å². The molecule has 3 aromatic rings. The molecule has 7 nitrogen and oxygen atoms in total. The van der Waals surface area contributed by atoms with Gasteiger partial charge in [0.05, 0.1) is 12.2 Å². The van der Waals surface area contributed by atoms with Gasteiger partial charge in [-0.3, -0.25) is 0 Å². The summed E-state index contributed by atoms with van der Waals surface area (Å²) in [5.41, 5.74) is 2.06.